The lowest BCUT2D eigenvalue weighted by Gasteiger charge is -2.06. The molecule has 3 aromatic rings. The van der Waals surface area contributed by atoms with Gasteiger partial charge in [0.1, 0.15) is 0 Å². The first kappa shape index (κ1) is 14.9. The van der Waals surface area contributed by atoms with Gasteiger partial charge in [0.15, 0.2) is 11.5 Å². The van der Waals surface area contributed by atoms with Gasteiger partial charge in [0.25, 0.3) is 0 Å². The van der Waals surface area contributed by atoms with Crippen LogP contribution in [0.2, 0.25) is 5.02 Å². The van der Waals surface area contributed by atoms with Crippen LogP contribution in [0.3, 0.4) is 0 Å². The molecule has 0 unspecified atom stereocenters. The summed E-state index contributed by atoms with van der Waals surface area (Å²) < 4.78 is 10.6. The van der Waals surface area contributed by atoms with E-state index < -0.39 is 0 Å². The van der Waals surface area contributed by atoms with Crippen LogP contribution in [-0.2, 0) is 17.8 Å². The van der Waals surface area contributed by atoms with Crippen LogP contribution in [-0.4, -0.2) is 17.7 Å². The van der Waals surface area contributed by atoms with E-state index in [1.54, 1.807) is 0 Å². The number of hydrogen-bond donors (Lipinski definition) is 2. The minimum Gasteiger partial charge on any atom is -0.454 e. The summed E-state index contributed by atoms with van der Waals surface area (Å²) in [6, 6.07) is 11.3. The molecular weight excluding hydrogens is 328 g/mol. The molecule has 0 saturated heterocycles. The number of carbonyl (C=O) groups excluding carboxylic acids is 1. The SMILES string of the molecule is O=C(Cc1c[nH]c2cccc(Cl)c12)NCc1ccc2c(c1)OCO2. The van der Waals surface area contributed by atoms with E-state index in [0.29, 0.717) is 17.3 Å². The van der Waals surface area contributed by atoms with Crippen molar-refractivity contribution < 1.29 is 14.3 Å². The average molecular weight is 343 g/mol. The zero-order valence-electron chi connectivity index (χ0n) is 12.8. The molecule has 0 fully saturated rings. The number of benzene rings is 2. The molecule has 6 heteroatoms. The highest BCUT2D eigenvalue weighted by molar-refractivity contribution is 6.35. The first-order valence-electron chi connectivity index (χ1n) is 7.60. The topological polar surface area (TPSA) is 63.4 Å². The maximum absolute atomic E-state index is 12.2. The summed E-state index contributed by atoms with van der Waals surface area (Å²) in [7, 11) is 0. The number of hydrogen-bond acceptors (Lipinski definition) is 3. The lowest BCUT2D eigenvalue weighted by Crippen LogP contribution is -2.24. The first-order valence-corrected chi connectivity index (χ1v) is 7.98. The molecule has 2 aromatic carbocycles. The Labute approximate surface area is 143 Å². The van der Waals surface area contributed by atoms with Crippen molar-refractivity contribution in [3.63, 3.8) is 0 Å². The fourth-order valence-corrected chi connectivity index (χ4v) is 3.13. The maximum atomic E-state index is 12.2. The minimum atomic E-state index is -0.0616. The molecule has 1 amide bonds. The highest BCUT2D eigenvalue weighted by Gasteiger charge is 2.14. The fourth-order valence-electron chi connectivity index (χ4n) is 2.83. The molecule has 2 heterocycles. The number of rotatable bonds is 4. The summed E-state index contributed by atoms with van der Waals surface area (Å²) in [5.74, 6) is 1.39. The second-order valence-electron chi connectivity index (χ2n) is 5.62. The minimum absolute atomic E-state index is 0.0616. The number of fused-ring (bicyclic) bond motifs is 2. The van der Waals surface area contributed by atoms with Crippen LogP contribution in [0.5, 0.6) is 11.5 Å². The molecule has 0 spiro atoms. The van der Waals surface area contributed by atoms with Gasteiger partial charge in [-0.1, -0.05) is 23.7 Å². The van der Waals surface area contributed by atoms with Crippen molar-refractivity contribution >= 4 is 28.4 Å². The predicted molar refractivity (Wildman–Crippen MR) is 91.4 cm³/mol. The van der Waals surface area contributed by atoms with Crippen molar-refractivity contribution in [2.24, 2.45) is 0 Å². The van der Waals surface area contributed by atoms with Gasteiger partial charge in [-0.25, -0.2) is 0 Å². The first-order chi connectivity index (χ1) is 11.7. The Hall–Kier alpha value is -2.66. The van der Waals surface area contributed by atoms with Gasteiger partial charge in [0.2, 0.25) is 12.7 Å². The third kappa shape index (κ3) is 2.78. The standard InChI is InChI=1S/C18H15ClN2O3/c19-13-2-1-3-14-18(13)12(9-20-14)7-17(22)21-8-11-4-5-15-16(6-11)24-10-23-15/h1-6,9,20H,7-8,10H2,(H,21,22). The van der Waals surface area contributed by atoms with Gasteiger partial charge >= 0.3 is 0 Å². The van der Waals surface area contributed by atoms with Gasteiger partial charge < -0.3 is 19.8 Å². The predicted octanol–water partition coefficient (Wildman–Crippen LogP) is 3.41. The smallest absolute Gasteiger partial charge is 0.231 e. The molecule has 4 rings (SSSR count). The second kappa shape index (κ2) is 6.09. The van der Waals surface area contributed by atoms with Crippen LogP contribution in [0.25, 0.3) is 10.9 Å². The molecule has 0 atom stereocenters. The Morgan fingerprint density at radius 3 is 3.00 bits per heavy atom. The average Bonchev–Trinajstić information content (AvgIpc) is 3.20. The van der Waals surface area contributed by atoms with Crippen LogP contribution in [0.15, 0.2) is 42.6 Å². The normalized spacial score (nSPS) is 12.5. The van der Waals surface area contributed by atoms with Crippen molar-refractivity contribution in [3.05, 3.63) is 58.7 Å². The summed E-state index contributed by atoms with van der Waals surface area (Å²) in [4.78, 5) is 15.4. The zero-order chi connectivity index (χ0) is 16.5. The molecular formula is C18H15ClN2O3. The van der Waals surface area contributed by atoms with E-state index in [2.05, 4.69) is 10.3 Å². The van der Waals surface area contributed by atoms with Crippen LogP contribution >= 0.6 is 11.6 Å². The summed E-state index contributed by atoms with van der Waals surface area (Å²) in [5, 5.41) is 4.47. The number of H-pyrrole nitrogens is 1. The van der Waals surface area contributed by atoms with Gasteiger partial charge in [0, 0.05) is 23.6 Å². The molecule has 1 aliphatic rings. The van der Waals surface area contributed by atoms with Gasteiger partial charge in [-0.2, -0.15) is 0 Å². The highest BCUT2D eigenvalue weighted by atomic mass is 35.5. The van der Waals surface area contributed by atoms with E-state index in [-0.39, 0.29) is 19.1 Å². The largest absolute Gasteiger partial charge is 0.454 e. The van der Waals surface area contributed by atoms with Crippen molar-refractivity contribution in [2.45, 2.75) is 13.0 Å². The lowest BCUT2D eigenvalue weighted by molar-refractivity contribution is -0.120. The number of nitrogens with one attached hydrogen (secondary N) is 2. The Morgan fingerprint density at radius 2 is 2.08 bits per heavy atom. The third-order valence-electron chi connectivity index (χ3n) is 4.01. The van der Waals surface area contributed by atoms with E-state index in [0.717, 1.165) is 27.8 Å². The fraction of sp³-hybridized carbons (Fsp3) is 0.167. The van der Waals surface area contributed by atoms with Gasteiger partial charge in [-0.05, 0) is 35.4 Å². The van der Waals surface area contributed by atoms with E-state index in [4.69, 9.17) is 21.1 Å². The van der Waals surface area contributed by atoms with Crippen molar-refractivity contribution in [3.8, 4) is 11.5 Å². The van der Waals surface area contributed by atoms with Crippen LogP contribution in [0, 0.1) is 0 Å². The molecule has 0 bridgehead atoms. The number of ether oxygens (including phenoxy) is 2. The Bertz CT molecular complexity index is 920. The zero-order valence-corrected chi connectivity index (χ0v) is 13.5. The summed E-state index contributed by atoms with van der Waals surface area (Å²) >= 11 is 6.24. The second-order valence-corrected chi connectivity index (χ2v) is 6.02. The Morgan fingerprint density at radius 1 is 1.21 bits per heavy atom. The van der Waals surface area contributed by atoms with E-state index in [1.165, 1.54) is 0 Å². The highest BCUT2D eigenvalue weighted by Crippen LogP contribution is 2.32. The molecule has 0 radical (unpaired) electrons. The third-order valence-corrected chi connectivity index (χ3v) is 4.33. The number of halogens is 1. The molecule has 122 valence electrons. The lowest BCUT2D eigenvalue weighted by atomic mass is 10.1. The maximum Gasteiger partial charge on any atom is 0.231 e. The molecule has 1 aliphatic heterocycles. The van der Waals surface area contributed by atoms with Gasteiger partial charge in [0.05, 0.1) is 11.4 Å². The summed E-state index contributed by atoms with van der Waals surface area (Å²) in [6.07, 6.45) is 2.10. The van der Waals surface area contributed by atoms with Crippen LogP contribution < -0.4 is 14.8 Å². The van der Waals surface area contributed by atoms with Crippen molar-refractivity contribution in [2.75, 3.05) is 6.79 Å². The Balaban J connectivity index is 1.43. The molecule has 0 saturated carbocycles. The van der Waals surface area contributed by atoms with Crippen LogP contribution in [0.4, 0.5) is 0 Å². The van der Waals surface area contributed by atoms with E-state index >= 15 is 0 Å². The molecule has 0 aliphatic carbocycles. The molecule has 1 aromatic heterocycles. The van der Waals surface area contributed by atoms with Crippen molar-refractivity contribution in [1.29, 1.82) is 0 Å². The number of aromatic nitrogens is 1. The Kier molecular flexibility index (Phi) is 3.78. The number of aromatic amines is 1. The monoisotopic (exact) mass is 342 g/mol. The molecule has 2 N–H and O–H groups in total. The quantitative estimate of drug-likeness (QED) is 0.763. The summed E-state index contributed by atoms with van der Waals surface area (Å²) in [5.41, 5.74) is 2.78. The summed E-state index contributed by atoms with van der Waals surface area (Å²) in [6.45, 7) is 0.679. The number of carbonyl (C=O) groups is 1. The van der Waals surface area contributed by atoms with E-state index in [9.17, 15) is 4.79 Å². The molecule has 5 nitrogen and oxygen atoms in total. The van der Waals surface area contributed by atoms with Crippen molar-refractivity contribution in [1.82, 2.24) is 10.3 Å². The van der Waals surface area contributed by atoms with Crippen LogP contribution in [0.1, 0.15) is 11.1 Å². The van der Waals surface area contributed by atoms with E-state index in [1.807, 2.05) is 42.6 Å². The van der Waals surface area contributed by atoms with Gasteiger partial charge in [-0.3, -0.25) is 4.79 Å². The molecule has 24 heavy (non-hydrogen) atoms. The number of amides is 1. The van der Waals surface area contributed by atoms with Gasteiger partial charge in [-0.15, -0.1) is 0 Å².